The minimum Gasteiger partial charge on any atom is -0.271 e. The van der Waals surface area contributed by atoms with Crippen molar-refractivity contribution in [3.63, 3.8) is 0 Å². The molecule has 0 fully saturated rings. The van der Waals surface area contributed by atoms with E-state index in [0.29, 0.717) is 0 Å². The highest BCUT2D eigenvalue weighted by atomic mass is 15.4. The number of nitrogens with one attached hydrogen (secondary N) is 1. The van der Waals surface area contributed by atoms with Crippen molar-refractivity contribution in [3.05, 3.63) is 54.0 Å². The van der Waals surface area contributed by atoms with E-state index in [0.717, 1.165) is 35.1 Å². The smallest absolute Gasteiger partial charge is 0.0915 e. The van der Waals surface area contributed by atoms with Gasteiger partial charge in [0.05, 0.1) is 23.4 Å². The number of nitrogens with two attached hydrogens (primary N) is 1. The van der Waals surface area contributed by atoms with E-state index in [2.05, 4.69) is 27.6 Å². The zero-order chi connectivity index (χ0) is 14.7. The second kappa shape index (κ2) is 5.99. The summed E-state index contributed by atoms with van der Waals surface area (Å²) in [4.78, 5) is 4.49. The van der Waals surface area contributed by atoms with Gasteiger partial charge in [-0.05, 0) is 12.5 Å². The number of aromatic nitrogens is 4. The van der Waals surface area contributed by atoms with Crippen LogP contribution in [0, 0.1) is 0 Å². The van der Waals surface area contributed by atoms with Gasteiger partial charge in [0, 0.05) is 23.7 Å². The molecule has 21 heavy (non-hydrogen) atoms. The van der Waals surface area contributed by atoms with E-state index < -0.39 is 0 Å². The monoisotopic (exact) mass is 282 g/mol. The van der Waals surface area contributed by atoms with Crippen LogP contribution in [0.1, 0.15) is 30.6 Å². The molecule has 0 bridgehead atoms. The molecule has 0 saturated heterocycles. The van der Waals surface area contributed by atoms with Crippen LogP contribution in [0.15, 0.2) is 42.7 Å². The lowest BCUT2D eigenvalue weighted by molar-refractivity contribution is 0.513. The SMILES string of the molecule is CCCn1nncc1C(NN)c1cccc2cccnc12. The summed E-state index contributed by atoms with van der Waals surface area (Å²) in [5.41, 5.74) is 5.77. The summed E-state index contributed by atoms with van der Waals surface area (Å²) in [7, 11) is 0. The highest BCUT2D eigenvalue weighted by Gasteiger charge is 2.20. The predicted octanol–water partition coefficient (Wildman–Crippen LogP) is 1.79. The third-order valence-electron chi connectivity index (χ3n) is 3.52. The van der Waals surface area contributed by atoms with E-state index in [1.165, 1.54) is 0 Å². The van der Waals surface area contributed by atoms with Crippen LogP contribution in [0.5, 0.6) is 0 Å². The minimum absolute atomic E-state index is 0.190. The number of fused-ring (bicyclic) bond motifs is 1. The zero-order valence-corrected chi connectivity index (χ0v) is 11.9. The minimum atomic E-state index is -0.190. The molecule has 1 unspecified atom stereocenters. The largest absolute Gasteiger partial charge is 0.271 e. The molecule has 2 heterocycles. The highest BCUT2D eigenvalue weighted by molar-refractivity contribution is 5.82. The number of hydrazine groups is 1. The maximum atomic E-state index is 5.81. The van der Waals surface area contributed by atoms with Gasteiger partial charge in [-0.3, -0.25) is 10.8 Å². The first-order valence-corrected chi connectivity index (χ1v) is 7.03. The second-order valence-corrected chi connectivity index (χ2v) is 4.90. The van der Waals surface area contributed by atoms with E-state index in [4.69, 9.17) is 5.84 Å². The van der Waals surface area contributed by atoms with Crippen molar-refractivity contribution in [2.45, 2.75) is 25.9 Å². The molecule has 3 rings (SSSR count). The van der Waals surface area contributed by atoms with E-state index >= 15 is 0 Å². The average molecular weight is 282 g/mol. The van der Waals surface area contributed by atoms with Gasteiger partial charge >= 0.3 is 0 Å². The van der Waals surface area contributed by atoms with Crippen LogP contribution in [0.4, 0.5) is 0 Å². The van der Waals surface area contributed by atoms with Gasteiger partial charge in [-0.25, -0.2) is 10.1 Å². The Labute approximate surface area is 123 Å². The Kier molecular flexibility index (Phi) is 3.89. The molecule has 2 aromatic heterocycles. The van der Waals surface area contributed by atoms with Crippen molar-refractivity contribution >= 4 is 10.9 Å². The van der Waals surface area contributed by atoms with Crippen molar-refractivity contribution in [2.24, 2.45) is 5.84 Å². The second-order valence-electron chi connectivity index (χ2n) is 4.90. The normalized spacial score (nSPS) is 12.7. The Hall–Kier alpha value is -2.31. The molecule has 3 N–H and O–H groups in total. The summed E-state index contributed by atoms with van der Waals surface area (Å²) in [5.74, 6) is 5.81. The first-order valence-electron chi connectivity index (χ1n) is 7.03. The van der Waals surface area contributed by atoms with Crippen LogP contribution in [-0.2, 0) is 6.54 Å². The van der Waals surface area contributed by atoms with Crippen molar-refractivity contribution in [3.8, 4) is 0 Å². The summed E-state index contributed by atoms with van der Waals surface area (Å²) in [6, 6.07) is 9.87. The van der Waals surface area contributed by atoms with Gasteiger partial charge in [-0.2, -0.15) is 0 Å². The Morgan fingerprint density at radius 3 is 2.95 bits per heavy atom. The third kappa shape index (κ3) is 2.51. The lowest BCUT2D eigenvalue weighted by Crippen LogP contribution is -2.31. The maximum Gasteiger partial charge on any atom is 0.0915 e. The first kappa shape index (κ1) is 13.7. The lowest BCUT2D eigenvalue weighted by atomic mass is 10.0. The molecule has 0 aliphatic rings. The van der Waals surface area contributed by atoms with Crippen LogP contribution in [-0.4, -0.2) is 20.0 Å². The van der Waals surface area contributed by atoms with Crippen LogP contribution >= 0.6 is 0 Å². The molecule has 0 spiro atoms. The van der Waals surface area contributed by atoms with Gasteiger partial charge < -0.3 is 0 Å². The van der Waals surface area contributed by atoms with Gasteiger partial charge in [0.2, 0.25) is 0 Å². The van der Waals surface area contributed by atoms with Crippen LogP contribution < -0.4 is 11.3 Å². The number of hydrogen-bond donors (Lipinski definition) is 2. The fraction of sp³-hybridized carbons (Fsp3) is 0.267. The Balaban J connectivity index is 2.12. The molecule has 108 valence electrons. The lowest BCUT2D eigenvalue weighted by Gasteiger charge is -2.18. The molecule has 0 radical (unpaired) electrons. The number of pyridine rings is 1. The van der Waals surface area contributed by atoms with Gasteiger partial charge in [0.1, 0.15) is 0 Å². The predicted molar refractivity (Wildman–Crippen MR) is 81.2 cm³/mol. The fourth-order valence-corrected chi connectivity index (χ4v) is 2.57. The topological polar surface area (TPSA) is 81.7 Å². The molecule has 6 heteroatoms. The van der Waals surface area contributed by atoms with E-state index in [-0.39, 0.29) is 6.04 Å². The number of hydrogen-bond acceptors (Lipinski definition) is 5. The number of benzene rings is 1. The van der Waals surface area contributed by atoms with Crippen molar-refractivity contribution in [2.75, 3.05) is 0 Å². The molecule has 1 aromatic carbocycles. The molecule has 0 aliphatic heterocycles. The number of nitrogens with zero attached hydrogens (tertiary/aromatic N) is 4. The fourth-order valence-electron chi connectivity index (χ4n) is 2.57. The molecular formula is C15H18N6. The van der Waals surface area contributed by atoms with Crippen molar-refractivity contribution < 1.29 is 0 Å². The standard InChI is InChI=1S/C15H18N6/c1-2-9-21-13(10-18-20-21)15(19-16)12-7-3-5-11-6-4-8-17-14(11)12/h3-8,10,15,19H,2,9,16H2,1H3. The van der Waals surface area contributed by atoms with Crippen molar-refractivity contribution in [1.29, 1.82) is 0 Å². The molecule has 0 aliphatic carbocycles. The summed E-state index contributed by atoms with van der Waals surface area (Å²) in [5, 5.41) is 9.23. The van der Waals surface area contributed by atoms with Crippen LogP contribution in [0.25, 0.3) is 10.9 Å². The average Bonchev–Trinajstić information content (AvgIpc) is 2.97. The van der Waals surface area contributed by atoms with Gasteiger partial charge in [-0.1, -0.05) is 36.4 Å². The molecular weight excluding hydrogens is 264 g/mol. The maximum absolute atomic E-state index is 5.81. The quantitative estimate of drug-likeness (QED) is 0.551. The number of rotatable bonds is 5. The Morgan fingerprint density at radius 2 is 2.14 bits per heavy atom. The first-order chi connectivity index (χ1) is 10.3. The Bertz CT molecular complexity index is 730. The summed E-state index contributed by atoms with van der Waals surface area (Å²) in [6.07, 6.45) is 4.53. The van der Waals surface area contributed by atoms with Crippen LogP contribution in [0.3, 0.4) is 0 Å². The number of para-hydroxylation sites is 1. The van der Waals surface area contributed by atoms with Gasteiger partial charge in [0.25, 0.3) is 0 Å². The van der Waals surface area contributed by atoms with Gasteiger partial charge in [-0.15, -0.1) is 5.10 Å². The number of aryl methyl sites for hydroxylation is 1. The molecule has 0 saturated carbocycles. The molecule has 1 atom stereocenters. The summed E-state index contributed by atoms with van der Waals surface area (Å²) < 4.78 is 1.88. The highest BCUT2D eigenvalue weighted by Crippen LogP contribution is 2.26. The summed E-state index contributed by atoms with van der Waals surface area (Å²) in [6.45, 7) is 2.92. The molecule has 3 aromatic rings. The molecule has 0 amide bonds. The van der Waals surface area contributed by atoms with E-state index in [1.807, 2.05) is 35.0 Å². The summed E-state index contributed by atoms with van der Waals surface area (Å²) >= 11 is 0. The third-order valence-corrected chi connectivity index (χ3v) is 3.52. The Morgan fingerprint density at radius 1 is 1.29 bits per heavy atom. The molecule has 6 nitrogen and oxygen atoms in total. The van der Waals surface area contributed by atoms with E-state index in [9.17, 15) is 0 Å². The van der Waals surface area contributed by atoms with E-state index in [1.54, 1.807) is 12.4 Å². The van der Waals surface area contributed by atoms with Crippen LogP contribution in [0.2, 0.25) is 0 Å². The van der Waals surface area contributed by atoms with Crippen molar-refractivity contribution in [1.82, 2.24) is 25.4 Å². The van der Waals surface area contributed by atoms with Gasteiger partial charge in [0.15, 0.2) is 0 Å². The zero-order valence-electron chi connectivity index (χ0n) is 11.9.